The molecule has 19 heavy (non-hydrogen) atoms. The molecule has 2 N–H and O–H groups in total. The predicted molar refractivity (Wildman–Crippen MR) is 80.1 cm³/mol. The Morgan fingerprint density at radius 1 is 1.37 bits per heavy atom. The molecule has 1 aromatic rings. The Balaban J connectivity index is 0.00000324. The number of nitrogens with one attached hydrogen (secondary N) is 2. The van der Waals surface area contributed by atoms with Crippen molar-refractivity contribution in [3.63, 3.8) is 0 Å². The Morgan fingerprint density at radius 2 is 2.05 bits per heavy atom. The topological polar surface area (TPSA) is 50.4 Å². The van der Waals surface area contributed by atoms with E-state index in [9.17, 15) is 4.79 Å². The first-order valence-corrected chi connectivity index (χ1v) is 6.31. The molecular weight excluding hydrogens is 264 g/mol. The quantitative estimate of drug-likeness (QED) is 0.805. The van der Waals surface area contributed by atoms with Crippen molar-refractivity contribution in [3.05, 3.63) is 29.8 Å². The van der Waals surface area contributed by atoms with E-state index in [4.69, 9.17) is 4.74 Å². The summed E-state index contributed by atoms with van der Waals surface area (Å²) >= 11 is 0. The molecule has 0 aromatic heterocycles. The highest BCUT2D eigenvalue weighted by Crippen LogP contribution is 2.18. The molecule has 0 spiro atoms. The van der Waals surface area contributed by atoms with Crippen LogP contribution in [-0.4, -0.2) is 32.1 Å². The van der Waals surface area contributed by atoms with E-state index < -0.39 is 0 Å². The Labute approximate surface area is 121 Å². The maximum Gasteiger partial charge on any atom is 0.234 e. The molecule has 0 aliphatic carbocycles. The van der Waals surface area contributed by atoms with E-state index in [0.717, 1.165) is 17.7 Å². The van der Waals surface area contributed by atoms with E-state index in [0.29, 0.717) is 13.1 Å². The lowest BCUT2D eigenvalue weighted by Crippen LogP contribution is -2.39. The molecule has 0 aliphatic heterocycles. The van der Waals surface area contributed by atoms with Gasteiger partial charge in [-0.25, -0.2) is 0 Å². The number of carbonyl (C=O) groups excluding carboxylic acids is 1. The van der Waals surface area contributed by atoms with Gasteiger partial charge in [0, 0.05) is 0 Å². The number of para-hydroxylation sites is 1. The van der Waals surface area contributed by atoms with Crippen molar-refractivity contribution in [2.45, 2.75) is 26.4 Å². The second-order valence-electron chi connectivity index (χ2n) is 4.25. The van der Waals surface area contributed by atoms with Gasteiger partial charge >= 0.3 is 0 Å². The Kier molecular flexibility index (Phi) is 9.00. The lowest BCUT2D eigenvalue weighted by molar-refractivity contribution is -0.120. The summed E-state index contributed by atoms with van der Waals surface area (Å²) in [4.78, 5) is 11.4. The van der Waals surface area contributed by atoms with Gasteiger partial charge in [-0.05, 0) is 32.0 Å². The average molecular weight is 287 g/mol. The van der Waals surface area contributed by atoms with Crippen LogP contribution in [0.25, 0.3) is 0 Å². The molecule has 0 saturated heterocycles. The van der Waals surface area contributed by atoms with Crippen LogP contribution >= 0.6 is 12.4 Å². The molecule has 0 radical (unpaired) electrons. The van der Waals surface area contributed by atoms with Crippen molar-refractivity contribution in [2.75, 3.05) is 20.1 Å². The van der Waals surface area contributed by atoms with Crippen LogP contribution in [0.4, 0.5) is 0 Å². The van der Waals surface area contributed by atoms with Crippen LogP contribution in [0.1, 0.15) is 18.9 Å². The largest absolute Gasteiger partial charge is 0.488 e. The Bertz CT molecular complexity index is 385. The number of aryl methyl sites for hydroxylation is 1. The highest BCUT2D eigenvalue weighted by Gasteiger charge is 2.10. The fourth-order valence-corrected chi connectivity index (χ4v) is 1.59. The third-order valence-corrected chi connectivity index (χ3v) is 2.71. The molecule has 0 bridgehead atoms. The molecule has 1 amide bonds. The zero-order valence-corrected chi connectivity index (χ0v) is 12.5. The van der Waals surface area contributed by atoms with E-state index in [1.165, 1.54) is 0 Å². The summed E-state index contributed by atoms with van der Waals surface area (Å²) in [5.41, 5.74) is 1.11. The molecule has 1 atom stereocenters. The van der Waals surface area contributed by atoms with Gasteiger partial charge in [-0.2, -0.15) is 0 Å². The van der Waals surface area contributed by atoms with Crippen molar-refractivity contribution >= 4 is 18.3 Å². The zero-order valence-electron chi connectivity index (χ0n) is 11.7. The van der Waals surface area contributed by atoms with Gasteiger partial charge in [-0.3, -0.25) is 4.79 Å². The van der Waals surface area contributed by atoms with Crippen LogP contribution in [0.2, 0.25) is 0 Å². The minimum absolute atomic E-state index is 0. The monoisotopic (exact) mass is 286 g/mol. The molecule has 108 valence electrons. The second kappa shape index (κ2) is 9.64. The van der Waals surface area contributed by atoms with Crippen LogP contribution in [-0.2, 0) is 4.79 Å². The third kappa shape index (κ3) is 6.45. The maximum absolute atomic E-state index is 11.4. The molecule has 4 nitrogen and oxygen atoms in total. The number of amides is 1. The van der Waals surface area contributed by atoms with Gasteiger partial charge in [0.1, 0.15) is 11.9 Å². The lowest BCUT2D eigenvalue weighted by atomic mass is 10.2. The van der Waals surface area contributed by atoms with Crippen molar-refractivity contribution in [2.24, 2.45) is 0 Å². The summed E-state index contributed by atoms with van der Waals surface area (Å²) in [5.74, 6) is 0.872. The van der Waals surface area contributed by atoms with Gasteiger partial charge < -0.3 is 15.4 Å². The van der Waals surface area contributed by atoms with Crippen LogP contribution in [0.5, 0.6) is 5.75 Å². The zero-order chi connectivity index (χ0) is 13.4. The smallest absolute Gasteiger partial charge is 0.234 e. The van der Waals surface area contributed by atoms with Gasteiger partial charge in [-0.15, -0.1) is 12.4 Å². The summed E-state index contributed by atoms with van der Waals surface area (Å²) in [7, 11) is 1.75. The third-order valence-electron chi connectivity index (χ3n) is 2.71. The van der Waals surface area contributed by atoms with Crippen LogP contribution < -0.4 is 15.4 Å². The fourth-order valence-electron chi connectivity index (χ4n) is 1.59. The highest BCUT2D eigenvalue weighted by molar-refractivity contribution is 5.85. The first-order chi connectivity index (χ1) is 8.67. The van der Waals surface area contributed by atoms with Crippen molar-refractivity contribution in [1.29, 1.82) is 0 Å². The number of carbonyl (C=O) groups is 1. The normalized spacial score (nSPS) is 11.3. The summed E-state index contributed by atoms with van der Waals surface area (Å²) in [5, 5.41) is 5.66. The number of likely N-dealkylation sites (N-methyl/N-ethyl adjacent to an activating group) is 1. The number of hydrogen-bond donors (Lipinski definition) is 2. The van der Waals surface area contributed by atoms with Gasteiger partial charge in [0.25, 0.3) is 0 Å². The number of halogens is 1. The lowest BCUT2D eigenvalue weighted by Gasteiger charge is -2.19. The van der Waals surface area contributed by atoms with Gasteiger partial charge in [0.2, 0.25) is 5.91 Å². The summed E-state index contributed by atoms with van der Waals surface area (Å²) in [6.45, 7) is 4.93. The summed E-state index contributed by atoms with van der Waals surface area (Å²) in [6, 6.07) is 7.90. The molecular formula is C14H23ClN2O2. The van der Waals surface area contributed by atoms with Crippen molar-refractivity contribution in [1.82, 2.24) is 10.6 Å². The van der Waals surface area contributed by atoms with Gasteiger partial charge in [-0.1, -0.05) is 25.1 Å². The van der Waals surface area contributed by atoms with Gasteiger partial charge in [0.05, 0.1) is 13.1 Å². The van der Waals surface area contributed by atoms with Crippen molar-refractivity contribution < 1.29 is 9.53 Å². The number of benzene rings is 1. The van der Waals surface area contributed by atoms with E-state index in [1.807, 2.05) is 38.1 Å². The minimum atomic E-state index is -0.00988. The van der Waals surface area contributed by atoms with E-state index in [2.05, 4.69) is 10.6 Å². The highest BCUT2D eigenvalue weighted by atomic mass is 35.5. The molecule has 0 fully saturated rings. The molecule has 1 rings (SSSR count). The SMILES string of the molecule is CCC(CNC(=O)CNC)Oc1ccccc1C.Cl. The molecule has 5 heteroatoms. The van der Waals surface area contributed by atoms with E-state index >= 15 is 0 Å². The number of ether oxygens (including phenoxy) is 1. The number of hydrogen-bond acceptors (Lipinski definition) is 3. The first-order valence-electron chi connectivity index (χ1n) is 6.31. The summed E-state index contributed by atoms with van der Waals surface area (Å²) < 4.78 is 5.89. The first kappa shape index (κ1) is 17.7. The van der Waals surface area contributed by atoms with Crippen molar-refractivity contribution in [3.8, 4) is 5.75 Å². The molecule has 0 aliphatic rings. The van der Waals surface area contributed by atoms with Crippen LogP contribution in [0.3, 0.4) is 0 Å². The molecule has 0 heterocycles. The van der Waals surface area contributed by atoms with E-state index in [-0.39, 0.29) is 24.4 Å². The second-order valence-corrected chi connectivity index (χ2v) is 4.25. The predicted octanol–water partition coefficient (Wildman–Crippen LogP) is 1.91. The standard InChI is InChI=1S/C14H22N2O2.ClH/c1-4-12(9-16-14(17)10-15-3)18-13-8-6-5-7-11(13)2;/h5-8,12,15H,4,9-10H2,1-3H3,(H,16,17);1H. The molecule has 1 unspecified atom stereocenters. The van der Waals surface area contributed by atoms with Crippen LogP contribution in [0, 0.1) is 6.92 Å². The number of rotatable bonds is 7. The summed E-state index contributed by atoms with van der Waals surface area (Å²) in [6.07, 6.45) is 0.862. The molecule has 1 aromatic carbocycles. The van der Waals surface area contributed by atoms with Crippen LogP contribution in [0.15, 0.2) is 24.3 Å². The van der Waals surface area contributed by atoms with E-state index in [1.54, 1.807) is 7.05 Å². The minimum Gasteiger partial charge on any atom is -0.488 e. The Morgan fingerprint density at radius 3 is 2.63 bits per heavy atom. The molecule has 0 saturated carbocycles. The fraction of sp³-hybridized carbons (Fsp3) is 0.500. The average Bonchev–Trinajstić information content (AvgIpc) is 2.37. The van der Waals surface area contributed by atoms with Gasteiger partial charge in [0.15, 0.2) is 0 Å². The maximum atomic E-state index is 11.4. The Hall–Kier alpha value is -1.26.